The van der Waals surface area contributed by atoms with Gasteiger partial charge in [0.2, 0.25) is 0 Å². The quantitative estimate of drug-likeness (QED) is 0.840. The molecule has 23 heavy (non-hydrogen) atoms. The normalized spacial score (nSPS) is 13.3. The molecule has 0 radical (unpaired) electrons. The molecule has 3 rings (SSSR count). The first-order valence-corrected chi connectivity index (χ1v) is 7.28. The molecule has 0 unspecified atom stereocenters. The van der Waals surface area contributed by atoms with Gasteiger partial charge < -0.3 is 14.8 Å². The molecule has 4 nitrogen and oxygen atoms in total. The Morgan fingerprint density at radius 1 is 1.04 bits per heavy atom. The summed E-state index contributed by atoms with van der Waals surface area (Å²) < 4.78 is 37.3. The highest BCUT2D eigenvalue weighted by molar-refractivity contribution is 6.34. The summed E-state index contributed by atoms with van der Waals surface area (Å²) in [5, 5.41) is 2.40. The monoisotopic (exact) mass is 339 g/mol. The highest BCUT2D eigenvalue weighted by Crippen LogP contribution is 2.32. The molecule has 0 aliphatic carbocycles. The number of fused-ring (bicyclic) bond motifs is 1. The van der Waals surface area contributed by atoms with Crippen LogP contribution >= 0.6 is 11.6 Å². The minimum absolute atomic E-state index is 0.155. The molecule has 0 saturated heterocycles. The van der Waals surface area contributed by atoms with E-state index in [0.717, 1.165) is 18.6 Å². The molecular weight excluding hydrogens is 328 g/mol. The van der Waals surface area contributed by atoms with E-state index in [4.69, 9.17) is 21.1 Å². The number of benzene rings is 2. The summed E-state index contributed by atoms with van der Waals surface area (Å²) in [5.74, 6) is -1.80. The SMILES string of the molecule is O=C(Nc1ccc2c(c1)OCCCO2)c1cc(F)c(F)cc1Cl. The van der Waals surface area contributed by atoms with Gasteiger partial charge in [-0.2, -0.15) is 0 Å². The van der Waals surface area contributed by atoms with Gasteiger partial charge in [0.05, 0.1) is 23.8 Å². The lowest BCUT2D eigenvalue weighted by Crippen LogP contribution is -2.13. The number of amides is 1. The standard InChI is InChI=1S/C16H12ClF2NO3/c17-11-8-13(19)12(18)7-10(11)16(21)20-9-2-3-14-15(6-9)23-5-1-4-22-14/h2-3,6-8H,1,4-5H2,(H,20,21). The van der Waals surface area contributed by atoms with E-state index in [1.165, 1.54) is 0 Å². The number of ether oxygens (including phenoxy) is 2. The highest BCUT2D eigenvalue weighted by atomic mass is 35.5. The van der Waals surface area contributed by atoms with Gasteiger partial charge in [-0.1, -0.05) is 11.6 Å². The van der Waals surface area contributed by atoms with E-state index in [-0.39, 0.29) is 10.6 Å². The molecule has 2 aromatic carbocycles. The number of hydrogen-bond acceptors (Lipinski definition) is 3. The summed E-state index contributed by atoms with van der Waals surface area (Å²) in [5.41, 5.74) is 0.276. The molecule has 1 heterocycles. The average molecular weight is 340 g/mol. The molecule has 0 aromatic heterocycles. The van der Waals surface area contributed by atoms with E-state index in [9.17, 15) is 13.6 Å². The zero-order valence-electron chi connectivity index (χ0n) is 11.9. The van der Waals surface area contributed by atoms with E-state index < -0.39 is 17.5 Å². The molecule has 1 aliphatic rings. The maximum absolute atomic E-state index is 13.3. The van der Waals surface area contributed by atoms with E-state index in [0.29, 0.717) is 30.4 Å². The summed E-state index contributed by atoms with van der Waals surface area (Å²) in [6, 6.07) is 6.42. The third kappa shape index (κ3) is 3.37. The van der Waals surface area contributed by atoms with Gasteiger partial charge in [-0.25, -0.2) is 8.78 Å². The smallest absolute Gasteiger partial charge is 0.257 e. The fraction of sp³-hybridized carbons (Fsp3) is 0.188. The van der Waals surface area contributed by atoms with E-state index in [1.807, 2.05) is 0 Å². The second kappa shape index (κ2) is 6.42. The van der Waals surface area contributed by atoms with Gasteiger partial charge in [-0.15, -0.1) is 0 Å². The van der Waals surface area contributed by atoms with Crippen molar-refractivity contribution in [1.82, 2.24) is 0 Å². The van der Waals surface area contributed by atoms with Gasteiger partial charge in [0.1, 0.15) is 0 Å². The van der Waals surface area contributed by atoms with Gasteiger partial charge in [0.15, 0.2) is 23.1 Å². The van der Waals surface area contributed by atoms with Crippen LogP contribution in [0.15, 0.2) is 30.3 Å². The van der Waals surface area contributed by atoms with Crippen LogP contribution < -0.4 is 14.8 Å². The molecule has 0 saturated carbocycles. The molecule has 0 fully saturated rings. The van der Waals surface area contributed by atoms with Crippen molar-refractivity contribution >= 4 is 23.2 Å². The molecule has 1 amide bonds. The second-order valence-corrected chi connectivity index (χ2v) is 5.32. The van der Waals surface area contributed by atoms with Gasteiger partial charge >= 0.3 is 0 Å². The summed E-state index contributed by atoms with van der Waals surface area (Å²) in [4.78, 5) is 12.2. The van der Waals surface area contributed by atoms with Gasteiger partial charge in [0.25, 0.3) is 5.91 Å². The van der Waals surface area contributed by atoms with Crippen LogP contribution in [0.3, 0.4) is 0 Å². The highest BCUT2D eigenvalue weighted by Gasteiger charge is 2.17. The maximum atomic E-state index is 13.3. The first kappa shape index (κ1) is 15.6. The Balaban J connectivity index is 1.83. The van der Waals surface area contributed by atoms with Crippen molar-refractivity contribution in [3.8, 4) is 11.5 Å². The lowest BCUT2D eigenvalue weighted by molar-refractivity contribution is 0.102. The van der Waals surface area contributed by atoms with Crippen molar-refractivity contribution in [2.45, 2.75) is 6.42 Å². The summed E-state index contributed by atoms with van der Waals surface area (Å²) in [6.07, 6.45) is 0.765. The lowest BCUT2D eigenvalue weighted by Gasteiger charge is -2.11. The van der Waals surface area contributed by atoms with Gasteiger partial charge in [-0.3, -0.25) is 4.79 Å². The Kier molecular flexibility index (Phi) is 4.34. The second-order valence-electron chi connectivity index (χ2n) is 4.91. The van der Waals surface area contributed by atoms with Crippen LogP contribution in [0.1, 0.15) is 16.8 Å². The number of carbonyl (C=O) groups is 1. The number of anilines is 1. The largest absolute Gasteiger partial charge is 0.490 e. The predicted octanol–water partition coefficient (Wildman–Crippen LogP) is 4.03. The fourth-order valence-electron chi connectivity index (χ4n) is 2.14. The zero-order chi connectivity index (χ0) is 16.4. The molecule has 1 N–H and O–H groups in total. The minimum Gasteiger partial charge on any atom is -0.490 e. The maximum Gasteiger partial charge on any atom is 0.257 e. The lowest BCUT2D eigenvalue weighted by atomic mass is 10.2. The van der Waals surface area contributed by atoms with Crippen LogP contribution in [0.5, 0.6) is 11.5 Å². The Morgan fingerprint density at radius 3 is 2.52 bits per heavy atom. The van der Waals surface area contributed by atoms with Crippen LogP contribution in [0, 0.1) is 11.6 Å². The van der Waals surface area contributed by atoms with E-state index in [1.54, 1.807) is 18.2 Å². The first-order chi connectivity index (χ1) is 11.0. The molecular formula is C16H12ClF2NO3. The molecule has 0 spiro atoms. The molecule has 7 heteroatoms. The fourth-order valence-corrected chi connectivity index (χ4v) is 2.37. The summed E-state index contributed by atoms with van der Waals surface area (Å²) in [7, 11) is 0. The van der Waals surface area contributed by atoms with E-state index in [2.05, 4.69) is 5.32 Å². The van der Waals surface area contributed by atoms with Crippen molar-refractivity contribution < 1.29 is 23.0 Å². The number of hydrogen-bond donors (Lipinski definition) is 1. The van der Waals surface area contributed by atoms with Crippen LogP contribution in [-0.2, 0) is 0 Å². The van der Waals surface area contributed by atoms with E-state index >= 15 is 0 Å². The van der Waals surface area contributed by atoms with Crippen molar-refractivity contribution in [2.24, 2.45) is 0 Å². The van der Waals surface area contributed by atoms with Crippen LogP contribution in [0.4, 0.5) is 14.5 Å². The molecule has 2 aromatic rings. The topological polar surface area (TPSA) is 47.6 Å². The zero-order valence-corrected chi connectivity index (χ0v) is 12.6. The Labute approximate surface area is 136 Å². The van der Waals surface area contributed by atoms with Crippen LogP contribution in [-0.4, -0.2) is 19.1 Å². The third-order valence-corrected chi connectivity index (χ3v) is 3.57. The Morgan fingerprint density at radius 2 is 1.74 bits per heavy atom. The summed E-state index contributed by atoms with van der Waals surface area (Å²) >= 11 is 5.79. The van der Waals surface area contributed by atoms with Crippen molar-refractivity contribution in [3.63, 3.8) is 0 Å². The van der Waals surface area contributed by atoms with Gasteiger partial charge in [0, 0.05) is 18.2 Å². The third-order valence-electron chi connectivity index (χ3n) is 3.26. The Bertz CT molecular complexity index is 767. The summed E-state index contributed by atoms with van der Waals surface area (Å²) in [6.45, 7) is 1.07. The average Bonchev–Trinajstić information content (AvgIpc) is 2.75. The van der Waals surface area contributed by atoms with Crippen LogP contribution in [0.25, 0.3) is 0 Å². The van der Waals surface area contributed by atoms with Crippen molar-refractivity contribution in [2.75, 3.05) is 18.5 Å². The Hall–Kier alpha value is -2.34. The first-order valence-electron chi connectivity index (χ1n) is 6.90. The van der Waals surface area contributed by atoms with Crippen molar-refractivity contribution in [3.05, 3.63) is 52.6 Å². The van der Waals surface area contributed by atoms with Gasteiger partial charge in [-0.05, 0) is 24.3 Å². The number of halogens is 3. The molecule has 0 bridgehead atoms. The minimum atomic E-state index is -1.14. The molecule has 0 atom stereocenters. The number of rotatable bonds is 2. The predicted molar refractivity (Wildman–Crippen MR) is 81.4 cm³/mol. The number of carbonyl (C=O) groups excluding carboxylic acids is 1. The van der Waals surface area contributed by atoms with Crippen molar-refractivity contribution in [1.29, 1.82) is 0 Å². The molecule has 120 valence electrons. The van der Waals surface area contributed by atoms with Crippen LogP contribution in [0.2, 0.25) is 5.02 Å². The number of nitrogens with one attached hydrogen (secondary N) is 1. The molecule has 1 aliphatic heterocycles.